The van der Waals surface area contributed by atoms with E-state index in [-0.39, 0.29) is 17.0 Å². The smallest absolute Gasteiger partial charge is 0.207 e. The average Bonchev–Trinajstić information content (AvgIpc) is 3.20. The molecule has 0 heterocycles. The summed E-state index contributed by atoms with van der Waals surface area (Å²) in [5.74, 6) is 4.63. The normalized spacial score (nSPS) is 42.0. The molecule has 5 atom stereocenters. The highest BCUT2D eigenvalue weighted by Crippen LogP contribution is 2.73. The Morgan fingerprint density at radius 1 is 1.21 bits per heavy atom. The van der Waals surface area contributed by atoms with Crippen LogP contribution in [0.15, 0.2) is 18.2 Å². The van der Waals surface area contributed by atoms with Gasteiger partial charge in [-0.3, -0.25) is 0 Å². The van der Waals surface area contributed by atoms with Crippen LogP contribution in [-0.2, 0) is 6.42 Å². The highest BCUT2D eigenvalue weighted by Gasteiger charge is 2.76. The van der Waals surface area contributed by atoms with Gasteiger partial charge in [-0.05, 0) is 61.3 Å². The van der Waals surface area contributed by atoms with E-state index in [1.807, 2.05) is 0 Å². The maximum atomic E-state index is 11.0. The Morgan fingerprint density at radius 3 is 2.75 bits per heavy atom. The first-order valence-electron chi connectivity index (χ1n) is 9.32. The molecule has 1 spiro atoms. The maximum absolute atomic E-state index is 11.0. The van der Waals surface area contributed by atoms with Crippen LogP contribution in [0.4, 0.5) is 0 Å². The zero-order valence-electron chi connectivity index (χ0n) is 14.6. The van der Waals surface area contributed by atoms with Gasteiger partial charge in [0.1, 0.15) is 17.1 Å². The summed E-state index contributed by atoms with van der Waals surface area (Å²) in [6.45, 7) is 2.28. The Morgan fingerprint density at radius 2 is 2.04 bits per heavy atom. The van der Waals surface area contributed by atoms with Gasteiger partial charge in [0.05, 0.1) is 14.0 Å². The Balaban J connectivity index is 0.00000146. The van der Waals surface area contributed by atoms with Crippen molar-refractivity contribution < 1.29 is 26.8 Å². The molecular formula is C21H27BrO2. The number of ether oxygens (including phenoxy) is 1. The van der Waals surface area contributed by atoms with Crippen molar-refractivity contribution in [1.29, 1.82) is 0 Å². The molecule has 0 aromatic heterocycles. The molecule has 4 aliphatic carbocycles. The number of hydrogen-bond donors (Lipinski definition) is 1. The molecule has 1 N–H and O–H groups in total. The number of rotatable bonds is 1. The lowest BCUT2D eigenvalue weighted by atomic mass is 9.57. The van der Waals surface area contributed by atoms with Crippen LogP contribution >= 0.6 is 0 Å². The summed E-state index contributed by atoms with van der Waals surface area (Å²) in [6.07, 6.45) is 8.35. The van der Waals surface area contributed by atoms with Crippen molar-refractivity contribution in [2.45, 2.75) is 63.4 Å². The second kappa shape index (κ2) is 5.41. The van der Waals surface area contributed by atoms with Crippen LogP contribution in [-0.4, -0.2) is 17.8 Å². The zero-order valence-corrected chi connectivity index (χ0v) is 16.2. The number of benzene rings is 1. The first kappa shape index (κ1) is 16.8. The van der Waals surface area contributed by atoms with E-state index < -0.39 is 5.60 Å². The fourth-order valence-corrected chi connectivity index (χ4v) is 7.09. The zero-order chi connectivity index (χ0) is 15.8. The molecule has 0 saturated heterocycles. The fraction of sp³-hybridized carbons (Fsp3) is 0.667. The number of methoxy groups -OCH3 is 1. The minimum Gasteiger partial charge on any atom is -1.00 e. The number of aliphatic hydroxyl groups is 1. The van der Waals surface area contributed by atoms with Gasteiger partial charge in [0.2, 0.25) is 5.60 Å². The van der Waals surface area contributed by atoms with E-state index in [4.69, 9.17) is 4.74 Å². The lowest BCUT2D eigenvalue weighted by Crippen LogP contribution is -3.00. The summed E-state index contributed by atoms with van der Waals surface area (Å²) in [5, 5.41) is 11.0. The van der Waals surface area contributed by atoms with Gasteiger partial charge >= 0.3 is 0 Å². The fourth-order valence-electron chi connectivity index (χ4n) is 7.09. The summed E-state index contributed by atoms with van der Waals surface area (Å²) in [4.78, 5) is 0. The predicted molar refractivity (Wildman–Crippen MR) is 90.4 cm³/mol. The molecule has 0 radical (unpaired) electrons. The van der Waals surface area contributed by atoms with Crippen molar-refractivity contribution in [2.75, 3.05) is 7.11 Å². The molecule has 3 heteroatoms. The number of fused-ring (bicyclic) bond motifs is 7. The van der Waals surface area contributed by atoms with Gasteiger partial charge in [0, 0.05) is 24.7 Å². The van der Waals surface area contributed by atoms with Crippen LogP contribution in [0.2, 0.25) is 0 Å². The van der Waals surface area contributed by atoms with Gasteiger partial charge in [-0.2, -0.15) is 0 Å². The number of aryl methyl sites for hydroxylation is 1. The Kier molecular flexibility index (Phi) is 3.78. The third-order valence-corrected chi connectivity index (χ3v) is 8.11. The number of halogens is 1. The highest BCUT2D eigenvalue weighted by molar-refractivity contribution is 5.43. The lowest BCUT2D eigenvalue weighted by Gasteiger charge is -2.41. The maximum Gasteiger partial charge on any atom is 0.207 e. The summed E-state index contributed by atoms with van der Waals surface area (Å²) in [7, 11) is 1.76. The quantitative estimate of drug-likeness (QED) is 0.731. The Hall–Kier alpha value is -0.670. The van der Waals surface area contributed by atoms with Crippen molar-refractivity contribution >= 4 is 0 Å². The van der Waals surface area contributed by atoms with Gasteiger partial charge in [-0.15, -0.1) is 0 Å². The number of hydrogen-bond acceptors (Lipinski definition) is 2. The van der Waals surface area contributed by atoms with Crippen molar-refractivity contribution in [3.05, 3.63) is 35.2 Å². The third kappa shape index (κ3) is 1.89. The third-order valence-electron chi connectivity index (χ3n) is 8.11. The van der Waals surface area contributed by atoms with E-state index in [0.29, 0.717) is 11.3 Å². The standard InChI is InChI=1S/C21H27O2.BrH/c1-13-20(22)9-7-15(12-20)21(13)10-8-18-17-5-4-16(23-2)11-14(17)3-6-19(18)21;/h4-5,11,15,18-19,22H,3,6-10,12H2,1-2H3;1H/q+1;/p-1/t15-,18+,19+,20+,21-;/m0./s1. The molecule has 1 aromatic rings. The molecule has 4 aliphatic rings. The Bertz CT molecular complexity index is 659. The van der Waals surface area contributed by atoms with E-state index in [1.54, 1.807) is 12.7 Å². The van der Waals surface area contributed by atoms with Crippen molar-refractivity contribution in [2.24, 2.45) is 17.3 Å². The van der Waals surface area contributed by atoms with Crippen LogP contribution < -0.4 is 21.7 Å². The molecule has 130 valence electrons. The summed E-state index contributed by atoms with van der Waals surface area (Å²) >= 11 is 0. The van der Waals surface area contributed by atoms with Crippen molar-refractivity contribution in [3.8, 4) is 5.75 Å². The molecule has 0 aliphatic heterocycles. The van der Waals surface area contributed by atoms with Crippen molar-refractivity contribution in [1.82, 2.24) is 0 Å². The van der Waals surface area contributed by atoms with Crippen LogP contribution in [0.25, 0.3) is 0 Å². The Labute approximate surface area is 155 Å². The monoisotopic (exact) mass is 390 g/mol. The van der Waals surface area contributed by atoms with E-state index in [9.17, 15) is 5.11 Å². The highest BCUT2D eigenvalue weighted by atomic mass is 79.9. The molecule has 1 aromatic carbocycles. The van der Waals surface area contributed by atoms with Gasteiger partial charge in [-0.25, -0.2) is 0 Å². The second-order valence-electron chi connectivity index (χ2n) is 8.49. The lowest BCUT2D eigenvalue weighted by molar-refractivity contribution is -0.0000145. The summed E-state index contributed by atoms with van der Waals surface area (Å²) in [5.41, 5.74) is 2.98. The molecule has 0 amide bonds. The van der Waals surface area contributed by atoms with Crippen molar-refractivity contribution in [3.63, 3.8) is 0 Å². The predicted octanol–water partition coefficient (Wildman–Crippen LogP) is 1.26. The molecular weight excluding hydrogens is 364 g/mol. The first-order valence-corrected chi connectivity index (χ1v) is 9.32. The van der Waals surface area contributed by atoms with E-state index in [0.717, 1.165) is 30.4 Å². The topological polar surface area (TPSA) is 29.5 Å². The van der Waals surface area contributed by atoms with Gasteiger partial charge in [0.15, 0.2) is 0 Å². The average molecular weight is 391 g/mol. The molecule has 0 unspecified atom stereocenters. The van der Waals surface area contributed by atoms with Gasteiger partial charge < -0.3 is 26.8 Å². The van der Waals surface area contributed by atoms with Gasteiger partial charge in [0.25, 0.3) is 0 Å². The minimum atomic E-state index is -0.431. The molecule has 3 saturated carbocycles. The largest absolute Gasteiger partial charge is 1.00 e. The van der Waals surface area contributed by atoms with Crippen LogP contribution in [0.3, 0.4) is 0 Å². The molecule has 3 fully saturated rings. The first-order chi connectivity index (χ1) is 11.1. The van der Waals surface area contributed by atoms with E-state index >= 15 is 0 Å². The molecule has 2 bridgehead atoms. The minimum absolute atomic E-state index is 0. The summed E-state index contributed by atoms with van der Waals surface area (Å²) < 4.78 is 5.42. The van der Waals surface area contributed by atoms with Crippen LogP contribution in [0.5, 0.6) is 5.75 Å². The van der Waals surface area contributed by atoms with E-state index in [1.165, 1.54) is 43.6 Å². The van der Waals surface area contributed by atoms with Crippen LogP contribution in [0, 0.1) is 23.2 Å². The summed E-state index contributed by atoms with van der Waals surface area (Å²) in [6, 6.07) is 6.71. The van der Waals surface area contributed by atoms with Gasteiger partial charge in [-0.1, -0.05) is 6.07 Å². The van der Waals surface area contributed by atoms with E-state index in [2.05, 4.69) is 25.1 Å². The SMILES string of the molecule is COc1ccc2c(c1)CC[C@@H]1[C@@H]2CC[C@@]12[C+](C)[C@@]1(O)CC[C@H]2C1.[Br-]. The van der Waals surface area contributed by atoms with Crippen LogP contribution in [0.1, 0.15) is 62.5 Å². The molecule has 2 nitrogen and oxygen atoms in total. The molecule has 5 rings (SSSR count). The molecule has 24 heavy (non-hydrogen) atoms. The second-order valence-corrected chi connectivity index (χ2v) is 8.49.